The highest BCUT2D eigenvalue weighted by atomic mass is 16.5. The average Bonchev–Trinajstić information content (AvgIpc) is 3.22. The molecule has 0 aliphatic heterocycles. The third-order valence-electron chi connectivity index (χ3n) is 10.3. The molecule has 9 nitrogen and oxygen atoms in total. The Labute approximate surface area is 352 Å². The lowest BCUT2D eigenvalue weighted by atomic mass is 9.98. The molecule has 9 heteroatoms. The number of phenolic OH excluding ortho intramolecular Hbond substituents is 2. The Morgan fingerprint density at radius 1 is 0.362 bits per heavy atom. The summed E-state index contributed by atoms with van der Waals surface area (Å²) in [6.45, 7) is 15.1. The molecule has 2 rings (SSSR count). The summed E-state index contributed by atoms with van der Waals surface area (Å²) in [5, 5.41) is 23.5. The van der Waals surface area contributed by atoms with Crippen molar-refractivity contribution in [1.82, 2.24) is 0 Å². The molecule has 0 amide bonds. The van der Waals surface area contributed by atoms with Crippen molar-refractivity contribution in [1.29, 1.82) is 0 Å². The second-order valence-corrected chi connectivity index (χ2v) is 15.6. The van der Waals surface area contributed by atoms with Gasteiger partial charge in [-0.15, -0.1) is 0 Å². The summed E-state index contributed by atoms with van der Waals surface area (Å²) >= 11 is 0. The molecular weight excluding hydrogens is 733 g/mol. The minimum Gasteiger partial charge on any atom is -0.502 e. The van der Waals surface area contributed by atoms with Crippen LogP contribution in [0.15, 0.2) is 12.1 Å². The maximum atomic E-state index is 15.3. The maximum absolute atomic E-state index is 15.3. The molecule has 2 aromatic rings. The van der Waals surface area contributed by atoms with E-state index in [9.17, 15) is 10.2 Å². The second kappa shape index (κ2) is 32.4. The van der Waals surface area contributed by atoms with E-state index in [2.05, 4.69) is 41.5 Å². The van der Waals surface area contributed by atoms with Crippen LogP contribution in [0.5, 0.6) is 46.0 Å². The van der Waals surface area contributed by atoms with Crippen LogP contribution < -0.4 is 28.4 Å². The number of ether oxygens (including phenoxy) is 6. The number of ketones is 1. The van der Waals surface area contributed by atoms with E-state index in [-0.39, 0.29) is 57.1 Å². The fourth-order valence-electron chi connectivity index (χ4n) is 6.70. The van der Waals surface area contributed by atoms with Crippen molar-refractivity contribution in [3.63, 3.8) is 0 Å². The topological polar surface area (TPSA) is 113 Å². The highest BCUT2D eigenvalue weighted by molar-refractivity contribution is 6.14. The van der Waals surface area contributed by atoms with Gasteiger partial charge in [0.2, 0.25) is 28.8 Å². The van der Waals surface area contributed by atoms with Crippen LogP contribution in [0.4, 0.5) is 0 Å². The fraction of sp³-hybridized carbons (Fsp3) is 0.735. The minimum absolute atomic E-state index is 0.113. The number of unbranched alkanes of at least 4 members (excludes halogenated alkanes) is 18. The zero-order valence-electron chi connectivity index (χ0n) is 37.6. The van der Waals surface area contributed by atoms with Crippen LogP contribution >= 0.6 is 0 Å². The third kappa shape index (κ3) is 18.6. The Balaban J connectivity index is 2.83. The first-order chi connectivity index (χ1) is 28.4. The Bertz CT molecular complexity index is 1270. The molecule has 0 saturated heterocycles. The fourth-order valence-corrected chi connectivity index (χ4v) is 6.70. The molecule has 0 radical (unpaired) electrons. The van der Waals surface area contributed by atoms with Crippen LogP contribution in [0, 0.1) is 0 Å². The van der Waals surface area contributed by atoms with Crippen molar-refractivity contribution < 1.29 is 43.4 Å². The van der Waals surface area contributed by atoms with Crippen LogP contribution in [0.2, 0.25) is 0 Å². The van der Waals surface area contributed by atoms with Gasteiger partial charge in [0, 0.05) is 0 Å². The van der Waals surface area contributed by atoms with E-state index in [1.807, 2.05) is 0 Å². The van der Waals surface area contributed by atoms with Crippen LogP contribution in [0.1, 0.15) is 212 Å². The molecule has 0 bridgehead atoms. The normalized spacial score (nSPS) is 11.1. The summed E-state index contributed by atoms with van der Waals surface area (Å²) in [6, 6.07) is 3.16. The van der Waals surface area contributed by atoms with Crippen molar-refractivity contribution in [2.75, 3.05) is 39.6 Å². The molecule has 2 aromatic carbocycles. The van der Waals surface area contributed by atoms with Gasteiger partial charge in [0.05, 0.1) is 50.8 Å². The van der Waals surface area contributed by atoms with Gasteiger partial charge in [0.25, 0.3) is 0 Å². The Morgan fingerprint density at radius 2 is 0.603 bits per heavy atom. The van der Waals surface area contributed by atoms with Gasteiger partial charge in [-0.05, 0) is 50.7 Å². The van der Waals surface area contributed by atoms with Gasteiger partial charge >= 0.3 is 0 Å². The van der Waals surface area contributed by atoms with Crippen molar-refractivity contribution in [3.05, 3.63) is 23.3 Å². The van der Waals surface area contributed by atoms with Gasteiger partial charge in [0.1, 0.15) is 0 Å². The largest absolute Gasteiger partial charge is 0.502 e. The molecule has 0 heterocycles. The van der Waals surface area contributed by atoms with E-state index in [4.69, 9.17) is 28.4 Å². The molecular formula is C49H82O9. The van der Waals surface area contributed by atoms with E-state index in [0.29, 0.717) is 39.6 Å². The number of carbonyl (C=O) groups is 1. The average molecular weight is 815 g/mol. The highest BCUT2D eigenvalue weighted by Crippen LogP contribution is 2.51. The summed E-state index contributed by atoms with van der Waals surface area (Å²) in [5.74, 6) is 0.157. The standard InChI is InChI=1S/C49H82O9/c1-7-13-19-25-31-53-41-37-39(46(55-33-27-21-15-9-3)48(44(41)51)57-35-29-23-17-11-5)43(50)40-38-42(54-32-26-20-14-8-2)45(52)49(58-36-30-24-18-12-6)47(40)56-34-28-22-16-10-4/h37-38,51-52H,7-36H2,1-6H3. The number of aromatic hydroxyl groups is 2. The predicted octanol–water partition coefficient (Wildman–Crippen LogP) is 14.1. The molecule has 0 fully saturated rings. The van der Waals surface area contributed by atoms with Gasteiger partial charge in [0.15, 0.2) is 23.0 Å². The summed E-state index contributed by atoms with van der Waals surface area (Å²) < 4.78 is 38.1. The smallest absolute Gasteiger partial charge is 0.208 e. The quantitative estimate of drug-likeness (QED) is 0.0505. The van der Waals surface area contributed by atoms with Crippen molar-refractivity contribution in [2.45, 2.75) is 196 Å². The SMILES string of the molecule is CCCCCCOc1cc(C(=O)c2cc(OCCCCCC)c(O)c(OCCCCCC)c2OCCCCCC)c(OCCCCCC)c(OCCCCCC)c1O. The van der Waals surface area contributed by atoms with E-state index in [1.54, 1.807) is 12.1 Å². The van der Waals surface area contributed by atoms with E-state index >= 15 is 4.79 Å². The number of carbonyl (C=O) groups excluding carboxylic acids is 1. The zero-order valence-corrected chi connectivity index (χ0v) is 37.6. The van der Waals surface area contributed by atoms with Crippen molar-refractivity contribution in [2.24, 2.45) is 0 Å². The van der Waals surface area contributed by atoms with Crippen molar-refractivity contribution in [3.8, 4) is 46.0 Å². The molecule has 0 atom stereocenters. The van der Waals surface area contributed by atoms with Crippen LogP contribution in [0.3, 0.4) is 0 Å². The van der Waals surface area contributed by atoms with Crippen LogP contribution in [0.25, 0.3) is 0 Å². The predicted molar refractivity (Wildman–Crippen MR) is 237 cm³/mol. The lowest BCUT2D eigenvalue weighted by molar-refractivity contribution is 0.102. The Hall–Kier alpha value is -3.49. The molecule has 0 aliphatic rings. The molecule has 0 spiro atoms. The summed E-state index contributed by atoms with van der Waals surface area (Å²) in [7, 11) is 0. The van der Waals surface area contributed by atoms with E-state index < -0.39 is 5.78 Å². The van der Waals surface area contributed by atoms with Crippen LogP contribution in [-0.2, 0) is 0 Å². The molecule has 0 aliphatic carbocycles. The van der Waals surface area contributed by atoms with Gasteiger partial charge in [-0.3, -0.25) is 4.79 Å². The summed E-state index contributed by atoms with van der Waals surface area (Å²) in [5.41, 5.74) is 0.370. The Kier molecular flexibility index (Phi) is 28.3. The molecule has 2 N–H and O–H groups in total. The molecule has 332 valence electrons. The van der Waals surface area contributed by atoms with E-state index in [1.165, 1.54) is 0 Å². The first-order valence-electron chi connectivity index (χ1n) is 23.5. The first kappa shape index (κ1) is 50.7. The Morgan fingerprint density at radius 3 is 0.862 bits per heavy atom. The van der Waals surface area contributed by atoms with Crippen LogP contribution in [-0.4, -0.2) is 55.6 Å². The highest BCUT2D eigenvalue weighted by Gasteiger charge is 2.32. The number of benzene rings is 2. The monoisotopic (exact) mass is 815 g/mol. The minimum atomic E-state index is -0.426. The molecule has 0 aromatic heterocycles. The summed E-state index contributed by atoms with van der Waals surface area (Å²) in [4.78, 5) is 15.3. The summed E-state index contributed by atoms with van der Waals surface area (Å²) in [6.07, 6.45) is 23.7. The zero-order chi connectivity index (χ0) is 42.2. The lowest BCUT2D eigenvalue weighted by Gasteiger charge is -2.22. The van der Waals surface area contributed by atoms with Gasteiger partial charge in [-0.2, -0.15) is 0 Å². The number of hydrogen-bond acceptors (Lipinski definition) is 9. The van der Waals surface area contributed by atoms with Crippen molar-refractivity contribution >= 4 is 5.78 Å². The maximum Gasteiger partial charge on any atom is 0.208 e. The number of hydrogen-bond donors (Lipinski definition) is 2. The van der Waals surface area contributed by atoms with E-state index in [0.717, 1.165) is 154 Å². The molecule has 58 heavy (non-hydrogen) atoms. The third-order valence-corrected chi connectivity index (χ3v) is 10.3. The number of phenols is 2. The van der Waals surface area contributed by atoms with Gasteiger partial charge < -0.3 is 38.6 Å². The number of rotatable bonds is 38. The molecule has 0 unspecified atom stereocenters. The molecule has 0 saturated carbocycles. The van der Waals surface area contributed by atoms with Gasteiger partial charge in [-0.25, -0.2) is 0 Å². The lowest BCUT2D eigenvalue weighted by Crippen LogP contribution is -2.14. The first-order valence-corrected chi connectivity index (χ1v) is 23.5. The van der Waals surface area contributed by atoms with Gasteiger partial charge in [-0.1, -0.05) is 157 Å². The second-order valence-electron chi connectivity index (χ2n) is 15.6.